The highest BCUT2D eigenvalue weighted by atomic mass is 127. The van der Waals surface area contributed by atoms with Crippen LogP contribution in [0.15, 0.2) is 15.8 Å². The molecule has 29 heavy (non-hydrogen) atoms. The number of aromatic nitrogens is 2. The second-order valence-corrected chi connectivity index (χ2v) is 9.02. The Kier molecular flexibility index (Phi) is 11.8. The number of nitrogens with zero attached hydrogens (tertiary/aromatic N) is 1. The molecule has 1 aliphatic rings. The molecule has 2 rings (SSSR count). The third-order valence-corrected chi connectivity index (χ3v) is 6.07. The standard InChI is InChI=1S/C9H13IN2O12P2.3H3N/c10-3-1-12(9(16)11-7(3)15)8-6(14)5(13)4(23-8)2-22-26(20,21)24-25(17,18)19;;;/h1,4-6,8,13-14H,2H2,(H,20,21)(H,11,15,16)(H2,17,18,19);3*1H3/t4-,5-,6-,8-;;;/m1.../s1. The second kappa shape index (κ2) is 11.2. The van der Waals surface area contributed by atoms with Gasteiger partial charge in [-0.15, -0.1) is 0 Å². The van der Waals surface area contributed by atoms with E-state index in [1.807, 2.05) is 4.98 Å². The van der Waals surface area contributed by atoms with Crippen LogP contribution in [0.1, 0.15) is 6.23 Å². The lowest BCUT2D eigenvalue weighted by atomic mass is 10.1. The SMILES string of the molecule is N.N.N.O=c1[nH]c(=O)n([C@@H]2O[C@H](COP(=O)(O)OP(=O)(O)O)[C@@H](O)[C@H]2O)cc1I. The lowest BCUT2D eigenvalue weighted by molar-refractivity contribution is -0.0543. The Morgan fingerprint density at radius 3 is 2.21 bits per heavy atom. The van der Waals surface area contributed by atoms with Crippen molar-refractivity contribution in [1.82, 2.24) is 28.0 Å². The summed E-state index contributed by atoms with van der Waals surface area (Å²) in [5, 5.41) is 19.9. The zero-order chi connectivity index (χ0) is 19.9. The van der Waals surface area contributed by atoms with E-state index in [9.17, 15) is 33.8 Å². The number of aliphatic hydroxyl groups excluding tert-OH is 2. The molecule has 1 aliphatic heterocycles. The van der Waals surface area contributed by atoms with Crippen LogP contribution in [0.2, 0.25) is 0 Å². The molecule has 0 spiro atoms. The van der Waals surface area contributed by atoms with Gasteiger partial charge >= 0.3 is 21.3 Å². The molecule has 15 N–H and O–H groups in total. The minimum absolute atomic E-state index is 0. The number of nitrogens with one attached hydrogen (secondary N) is 1. The summed E-state index contributed by atoms with van der Waals surface area (Å²) >= 11 is 1.62. The van der Waals surface area contributed by atoms with Crippen LogP contribution in [0.25, 0.3) is 0 Å². The number of aromatic amines is 1. The molecule has 0 saturated carbocycles. The van der Waals surface area contributed by atoms with Crippen LogP contribution >= 0.6 is 38.2 Å². The van der Waals surface area contributed by atoms with E-state index in [4.69, 9.17) is 14.5 Å². The normalized spacial score (nSPS) is 25.9. The second-order valence-electron chi connectivity index (χ2n) is 5.03. The molecular weight excluding hydrogens is 559 g/mol. The van der Waals surface area contributed by atoms with Crippen LogP contribution < -0.4 is 29.7 Å². The maximum atomic E-state index is 11.8. The van der Waals surface area contributed by atoms with Gasteiger partial charge in [-0.2, -0.15) is 4.31 Å². The van der Waals surface area contributed by atoms with Crippen molar-refractivity contribution in [2.45, 2.75) is 24.5 Å². The smallest absolute Gasteiger partial charge is 0.387 e. The van der Waals surface area contributed by atoms with Crippen LogP contribution in [-0.4, -0.2) is 59.4 Å². The summed E-state index contributed by atoms with van der Waals surface area (Å²) in [6.45, 7) is -0.905. The first-order valence-electron chi connectivity index (χ1n) is 6.57. The molecule has 0 bridgehead atoms. The zero-order valence-electron chi connectivity index (χ0n) is 14.5. The summed E-state index contributed by atoms with van der Waals surface area (Å²) in [4.78, 5) is 51.3. The van der Waals surface area contributed by atoms with Crippen molar-refractivity contribution in [1.29, 1.82) is 0 Å². The third-order valence-electron chi connectivity index (χ3n) is 3.15. The van der Waals surface area contributed by atoms with Gasteiger partial charge < -0.3 is 48.1 Å². The highest BCUT2D eigenvalue weighted by Crippen LogP contribution is 2.57. The van der Waals surface area contributed by atoms with Gasteiger partial charge in [-0.25, -0.2) is 13.9 Å². The van der Waals surface area contributed by atoms with Gasteiger partial charge in [0, 0.05) is 6.20 Å². The minimum Gasteiger partial charge on any atom is -0.387 e. The first-order chi connectivity index (χ1) is 11.8. The summed E-state index contributed by atoms with van der Waals surface area (Å²) in [6, 6.07) is 0. The van der Waals surface area contributed by atoms with Crippen LogP contribution in [0.5, 0.6) is 0 Å². The maximum absolute atomic E-state index is 11.8. The van der Waals surface area contributed by atoms with E-state index in [-0.39, 0.29) is 22.0 Å². The Labute approximate surface area is 175 Å². The fourth-order valence-corrected chi connectivity index (χ4v) is 4.11. The largest absolute Gasteiger partial charge is 0.481 e. The van der Waals surface area contributed by atoms with E-state index in [2.05, 4.69) is 8.83 Å². The lowest BCUT2D eigenvalue weighted by Crippen LogP contribution is -2.38. The highest BCUT2D eigenvalue weighted by Gasteiger charge is 2.45. The number of rotatable bonds is 6. The fraction of sp³-hybridized carbons (Fsp3) is 0.556. The quantitative estimate of drug-likeness (QED) is 0.136. The van der Waals surface area contributed by atoms with Gasteiger partial charge in [0.2, 0.25) is 0 Å². The van der Waals surface area contributed by atoms with E-state index < -0.39 is 58.0 Å². The molecule has 0 aliphatic carbocycles. The predicted molar refractivity (Wildman–Crippen MR) is 104 cm³/mol. The van der Waals surface area contributed by atoms with Crippen molar-refractivity contribution in [3.63, 3.8) is 0 Å². The molecule has 1 unspecified atom stereocenters. The van der Waals surface area contributed by atoms with Crippen LogP contribution in [-0.2, 0) is 22.7 Å². The number of aliphatic hydroxyl groups is 2. The Balaban J connectivity index is 0. The Bertz CT molecular complexity index is 887. The Hall–Kier alpha value is -0.570. The van der Waals surface area contributed by atoms with Gasteiger partial charge in [0.1, 0.15) is 18.3 Å². The summed E-state index contributed by atoms with van der Waals surface area (Å²) in [7, 11) is -10.5. The van der Waals surface area contributed by atoms with E-state index in [1.54, 1.807) is 22.6 Å². The van der Waals surface area contributed by atoms with Crippen LogP contribution in [0.4, 0.5) is 0 Å². The molecule has 0 aromatic carbocycles. The molecule has 172 valence electrons. The van der Waals surface area contributed by atoms with Gasteiger partial charge in [-0.1, -0.05) is 0 Å². The molecule has 1 saturated heterocycles. The molecule has 1 aromatic rings. The Morgan fingerprint density at radius 1 is 1.14 bits per heavy atom. The molecule has 1 aromatic heterocycles. The summed E-state index contributed by atoms with van der Waals surface area (Å²) in [6.07, 6.45) is -5.21. The van der Waals surface area contributed by atoms with Crippen molar-refractivity contribution in [2.75, 3.05) is 6.61 Å². The molecule has 20 heteroatoms. The van der Waals surface area contributed by atoms with E-state index >= 15 is 0 Å². The van der Waals surface area contributed by atoms with Crippen LogP contribution in [0.3, 0.4) is 0 Å². The number of phosphoric ester groups is 1. The minimum atomic E-state index is -5.32. The first-order valence-corrected chi connectivity index (χ1v) is 10.7. The molecule has 1 fully saturated rings. The molecule has 17 nitrogen and oxygen atoms in total. The lowest BCUT2D eigenvalue weighted by Gasteiger charge is -2.18. The number of hydrogen-bond donors (Lipinski definition) is 9. The van der Waals surface area contributed by atoms with Crippen LogP contribution in [0, 0.1) is 3.57 Å². The summed E-state index contributed by atoms with van der Waals surface area (Å²) in [5.74, 6) is 0. The van der Waals surface area contributed by atoms with Gasteiger partial charge in [-0.3, -0.25) is 18.9 Å². The van der Waals surface area contributed by atoms with Gasteiger partial charge in [0.15, 0.2) is 6.23 Å². The maximum Gasteiger partial charge on any atom is 0.481 e. The molecule has 2 heterocycles. The average molecular weight is 581 g/mol. The topological polar surface area (TPSA) is 323 Å². The monoisotopic (exact) mass is 581 g/mol. The van der Waals surface area contributed by atoms with E-state index in [0.717, 1.165) is 10.8 Å². The van der Waals surface area contributed by atoms with Crippen molar-refractivity contribution in [2.24, 2.45) is 0 Å². The zero-order valence-corrected chi connectivity index (χ0v) is 18.5. The number of phosphoric acid groups is 2. The number of H-pyrrole nitrogens is 1. The fourth-order valence-electron chi connectivity index (χ4n) is 2.07. The molecular formula is C9H22IN5O12P2. The average Bonchev–Trinajstić information content (AvgIpc) is 2.75. The molecule has 0 amide bonds. The van der Waals surface area contributed by atoms with E-state index in [0.29, 0.717) is 0 Å². The molecule has 5 atom stereocenters. The summed E-state index contributed by atoms with van der Waals surface area (Å²) in [5.41, 5.74) is -1.61. The molecule has 0 radical (unpaired) electrons. The third kappa shape index (κ3) is 7.89. The number of ether oxygens (including phenoxy) is 1. The number of halogens is 1. The van der Waals surface area contributed by atoms with Crippen molar-refractivity contribution in [3.05, 3.63) is 30.6 Å². The van der Waals surface area contributed by atoms with E-state index in [1.165, 1.54) is 0 Å². The van der Waals surface area contributed by atoms with Crippen molar-refractivity contribution >= 4 is 38.2 Å². The Morgan fingerprint density at radius 2 is 1.69 bits per heavy atom. The summed E-state index contributed by atoms with van der Waals surface area (Å²) < 4.78 is 35.9. The van der Waals surface area contributed by atoms with Crippen molar-refractivity contribution in [3.8, 4) is 0 Å². The van der Waals surface area contributed by atoms with Gasteiger partial charge in [0.25, 0.3) is 5.56 Å². The van der Waals surface area contributed by atoms with Gasteiger partial charge in [-0.05, 0) is 22.6 Å². The van der Waals surface area contributed by atoms with Crippen molar-refractivity contribution < 1.29 is 47.6 Å². The first kappa shape index (κ1) is 30.6. The predicted octanol–water partition coefficient (Wildman–Crippen LogP) is -1.53. The highest BCUT2D eigenvalue weighted by molar-refractivity contribution is 14.1. The van der Waals surface area contributed by atoms with Gasteiger partial charge in [0.05, 0.1) is 10.2 Å². The number of hydrogen-bond acceptors (Lipinski definition) is 12.